The van der Waals surface area contributed by atoms with Gasteiger partial charge in [-0.1, -0.05) is 24.3 Å². The summed E-state index contributed by atoms with van der Waals surface area (Å²) in [5, 5.41) is 12.7. The molecule has 5 nitrogen and oxygen atoms in total. The fraction of sp³-hybridized carbons (Fsp3) is 0.500. The first kappa shape index (κ1) is 14.1. The molecule has 0 unspecified atom stereocenters. The number of nitrogens with zero attached hydrogens (tertiary/aromatic N) is 1. The van der Waals surface area contributed by atoms with Crippen LogP contribution in [0, 0.1) is 0 Å². The average molecular weight is 288 g/mol. The molecule has 2 aliphatic rings. The van der Waals surface area contributed by atoms with Gasteiger partial charge in [0.2, 0.25) is 11.8 Å². The Morgan fingerprint density at radius 3 is 2.43 bits per heavy atom. The molecule has 2 atom stereocenters. The molecule has 1 heterocycles. The van der Waals surface area contributed by atoms with Crippen molar-refractivity contribution < 1.29 is 14.7 Å². The van der Waals surface area contributed by atoms with Crippen molar-refractivity contribution in [2.45, 2.75) is 44.4 Å². The van der Waals surface area contributed by atoms with Gasteiger partial charge < -0.3 is 15.3 Å². The summed E-state index contributed by atoms with van der Waals surface area (Å²) in [4.78, 5) is 25.4. The number of β-amino-alcohol motifs (C(OH)–C–C–N with tert-alkyl or cyclic N) is 1. The van der Waals surface area contributed by atoms with E-state index in [0.717, 1.165) is 12.8 Å². The summed E-state index contributed by atoms with van der Waals surface area (Å²) in [6.07, 6.45) is 1.38. The summed E-state index contributed by atoms with van der Waals surface area (Å²) in [5.41, 5.74) is 2.55. The Kier molecular flexibility index (Phi) is 3.68. The standard InChI is InChI=1S/C16H20N2O3/c1-10(19)18-9-14(20)8-15(18)16(21)17-13-6-11-4-2-3-5-12(11)7-13/h2-5,13-15,20H,6-9H2,1H3,(H,17,21)/t14-,15-/m1/s1. The summed E-state index contributed by atoms with van der Waals surface area (Å²) in [5.74, 6) is -0.319. The van der Waals surface area contributed by atoms with Gasteiger partial charge >= 0.3 is 0 Å². The second-order valence-corrected chi connectivity index (χ2v) is 5.96. The summed E-state index contributed by atoms with van der Waals surface area (Å²) < 4.78 is 0. The molecular weight excluding hydrogens is 268 g/mol. The predicted octanol–water partition coefficient (Wildman–Crippen LogP) is 0.252. The summed E-state index contributed by atoms with van der Waals surface area (Å²) >= 11 is 0. The van der Waals surface area contributed by atoms with E-state index in [1.54, 1.807) is 0 Å². The van der Waals surface area contributed by atoms with Crippen LogP contribution in [-0.2, 0) is 22.4 Å². The zero-order chi connectivity index (χ0) is 15.0. The maximum atomic E-state index is 12.4. The van der Waals surface area contributed by atoms with Crippen LogP contribution in [0.15, 0.2) is 24.3 Å². The van der Waals surface area contributed by atoms with Gasteiger partial charge in [0.25, 0.3) is 0 Å². The van der Waals surface area contributed by atoms with Crippen LogP contribution in [-0.4, -0.2) is 46.6 Å². The molecule has 1 aliphatic heterocycles. The lowest BCUT2D eigenvalue weighted by Gasteiger charge is -2.23. The van der Waals surface area contributed by atoms with Crippen molar-refractivity contribution in [3.05, 3.63) is 35.4 Å². The molecular formula is C16H20N2O3. The molecule has 1 aliphatic carbocycles. The Labute approximate surface area is 123 Å². The smallest absolute Gasteiger partial charge is 0.243 e. The number of rotatable bonds is 2. The van der Waals surface area contributed by atoms with Crippen molar-refractivity contribution >= 4 is 11.8 Å². The Hall–Kier alpha value is -1.88. The first-order valence-corrected chi connectivity index (χ1v) is 7.37. The molecule has 0 radical (unpaired) electrons. The third-order valence-corrected chi connectivity index (χ3v) is 4.38. The van der Waals surface area contributed by atoms with Crippen molar-refractivity contribution in [3.63, 3.8) is 0 Å². The number of benzene rings is 1. The second-order valence-electron chi connectivity index (χ2n) is 5.96. The van der Waals surface area contributed by atoms with Crippen molar-refractivity contribution in [3.8, 4) is 0 Å². The lowest BCUT2D eigenvalue weighted by atomic mass is 10.1. The molecule has 21 heavy (non-hydrogen) atoms. The number of hydrogen-bond acceptors (Lipinski definition) is 3. The monoisotopic (exact) mass is 288 g/mol. The number of carbonyl (C=O) groups is 2. The SMILES string of the molecule is CC(=O)N1C[C@H](O)C[C@@H]1C(=O)NC1Cc2ccccc2C1. The van der Waals surface area contributed by atoms with E-state index in [2.05, 4.69) is 17.4 Å². The van der Waals surface area contributed by atoms with Crippen LogP contribution < -0.4 is 5.32 Å². The van der Waals surface area contributed by atoms with E-state index in [0.29, 0.717) is 6.42 Å². The van der Waals surface area contributed by atoms with Crippen LogP contribution in [0.4, 0.5) is 0 Å². The molecule has 0 spiro atoms. The van der Waals surface area contributed by atoms with Gasteiger partial charge in [-0.25, -0.2) is 0 Å². The fourth-order valence-corrected chi connectivity index (χ4v) is 3.37. The van der Waals surface area contributed by atoms with Gasteiger partial charge in [0.1, 0.15) is 6.04 Å². The van der Waals surface area contributed by atoms with Crippen LogP contribution in [0.1, 0.15) is 24.5 Å². The third kappa shape index (κ3) is 2.78. The minimum absolute atomic E-state index is 0.0847. The van der Waals surface area contributed by atoms with E-state index in [1.165, 1.54) is 23.0 Å². The first-order chi connectivity index (χ1) is 10.0. The Morgan fingerprint density at radius 2 is 1.86 bits per heavy atom. The highest BCUT2D eigenvalue weighted by molar-refractivity contribution is 5.87. The number of carbonyl (C=O) groups excluding carboxylic acids is 2. The van der Waals surface area contributed by atoms with Crippen molar-refractivity contribution in [1.29, 1.82) is 0 Å². The van der Waals surface area contributed by atoms with E-state index >= 15 is 0 Å². The number of hydrogen-bond donors (Lipinski definition) is 2. The number of amides is 2. The minimum Gasteiger partial charge on any atom is -0.391 e. The van der Waals surface area contributed by atoms with Gasteiger partial charge in [-0.3, -0.25) is 9.59 Å². The van der Waals surface area contributed by atoms with Gasteiger partial charge in [-0.2, -0.15) is 0 Å². The number of likely N-dealkylation sites (tertiary alicyclic amines) is 1. The molecule has 0 aromatic heterocycles. The van der Waals surface area contributed by atoms with E-state index in [9.17, 15) is 14.7 Å². The zero-order valence-corrected chi connectivity index (χ0v) is 12.1. The average Bonchev–Trinajstić information content (AvgIpc) is 3.01. The van der Waals surface area contributed by atoms with Gasteiger partial charge in [0.05, 0.1) is 6.10 Å². The van der Waals surface area contributed by atoms with Crippen LogP contribution in [0.3, 0.4) is 0 Å². The maximum Gasteiger partial charge on any atom is 0.243 e. The molecule has 2 amide bonds. The molecule has 5 heteroatoms. The maximum absolute atomic E-state index is 12.4. The van der Waals surface area contributed by atoms with E-state index in [-0.39, 0.29) is 24.4 Å². The van der Waals surface area contributed by atoms with E-state index in [1.807, 2.05) is 12.1 Å². The van der Waals surface area contributed by atoms with Gasteiger partial charge in [-0.05, 0) is 24.0 Å². The highest BCUT2D eigenvalue weighted by Gasteiger charge is 2.38. The molecule has 3 rings (SSSR count). The Morgan fingerprint density at radius 1 is 1.24 bits per heavy atom. The fourth-order valence-electron chi connectivity index (χ4n) is 3.37. The van der Waals surface area contributed by atoms with Crippen LogP contribution in [0.25, 0.3) is 0 Å². The number of nitrogens with one attached hydrogen (secondary N) is 1. The van der Waals surface area contributed by atoms with Gasteiger partial charge in [0.15, 0.2) is 0 Å². The molecule has 0 saturated carbocycles. The quantitative estimate of drug-likeness (QED) is 0.820. The van der Waals surface area contributed by atoms with E-state index < -0.39 is 12.1 Å². The zero-order valence-electron chi connectivity index (χ0n) is 12.1. The Balaban J connectivity index is 1.64. The van der Waals surface area contributed by atoms with Crippen LogP contribution in [0.5, 0.6) is 0 Å². The normalized spacial score (nSPS) is 25.0. The van der Waals surface area contributed by atoms with Crippen molar-refractivity contribution in [2.24, 2.45) is 0 Å². The predicted molar refractivity (Wildman–Crippen MR) is 77.6 cm³/mol. The van der Waals surface area contributed by atoms with Crippen molar-refractivity contribution in [2.75, 3.05) is 6.54 Å². The molecule has 1 fully saturated rings. The van der Waals surface area contributed by atoms with E-state index in [4.69, 9.17) is 0 Å². The molecule has 112 valence electrons. The van der Waals surface area contributed by atoms with Crippen LogP contribution in [0.2, 0.25) is 0 Å². The Bertz CT molecular complexity index is 547. The number of aliphatic hydroxyl groups is 1. The molecule has 0 bridgehead atoms. The first-order valence-electron chi connectivity index (χ1n) is 7.37. The summed E-state index contributed by atoms with van der Waals surface area (Å²) in [6, 6.07) is 7.73. The summed E-state index contributed by atoms with van der Waals surface area (Å²) in [6.45, 7) is 1.68. The lowest BCUT2D eigenvalue weighted by molar-refractivity contribution is -0.137. The van der Waals surface area contributed by atoms with Gasteiger partial charge in [0, 0.05) is 25.9 Å². The topological polar surface area (TPSA) is 69.6 Å². The largest absolute Gasteiger partial charge is 0.391 e. The minimum atomic E-state index is -0.606. The highest BCUT2D eigenvalue weighted by Crippen LogP contribution is 2.23. The van der Waals surface area contributed by atoms with Crippen molar-refractivity contribution in [1.82, 2.24) is 10.2 Å². The number of aliphatic hydroxyl groups excluding tert-OH is 1. The van der Waals surface area contributed by atoms with Crippen LogP contribution >= 0.6 is 0 Å². The lowest BCUT2D eigenvalue weighted by Crippen LogP contribution is -2.48. The molecule has 1 saturated heterocycles. The molecule has 1 aromatic carbocycles. The molecule has 2 N–H and O–H groups in total. The molecule has 1 aromatic rings. The van der Waals surface area contributed by atoms with Gasteiger partial charge in [-0.15, -0.1) is 0 Å². The number of fused-ring (bicyclic) bond motifs is 1. The second kappa shape index (κ2) is 5.48. The highest BCUT2D eigenvalue weighted by atomic mass is 16.3. The summed E-state index contributed by atoms with van der Waals surface area (Å²) in [7, 11) is 0. The third-order valence-electron chi connectivity index (χ3n) is 4.38.